The van der Waals surface area contributed by atoms with Crippen LogP contribution in [0.5, 0.6) is 0 Å². The van der Waals surface area contributed by atoms with E-state index in [1.165, 1.54) is 11.8 Å². The number of thioether (sulfide) groups is 1. The molecule has 3 heteroatoms. The smallest absolute Gasteiger partial charge is 0.283 e. The Bertz CT molecular complexity index is 240. The number of hydrogen-bond acceptors (Lipinski definition) is 2. The molecule has 1 N–H and O–H groups in total. The zero-order valence-corrected chi connectivity index (χ0v) is 8.99. The lowest BCUT2D eigenvalue weighted by molar-refractivity contribution is 0.259. The largest absolute Gasteiger partial charge is 0.345 e. The maximum atomic E-state index is 11.4. The van der Waals surface area contributed by atoms with Gasteiger partial charge in [0.05, 0.1) is 0 Å². The fourth-order valence-electron chi connectivity index (χ4n) is 1.16. The van der Waals surface area contributed by atoms with Gasteiger partial charge in [-0.05, 0) is 56.2 Å². The minimum absolute atomic E-state index is 0.000324. The molecule has 1 atom stereocenters. The first kappa shape index (κ1) is 9.13. The van der Waals surface area contributed by atoms with Gasteiger partial charge in [0, 0.05) is 7.41 Å². The van der Waals surface area contributed by atoms with Crippen molar-refractivity contribution in [2.75, 3.05) is 0 Å². The summed E-state index contributed by atoms with van der Waals surface area (Å²) in [7, 11) is 0. The summed E-state index contributed by atoms with van der Waals surface area (Å²) in [6, 6.07) is 0.186. The summed E-state index contributed by atoms with van der Waals surface area (Å²) in [5.41, 5.74) is 0. The van der Waals surface area contributed by atoms with Crippen LogP contribution in [-0.4, -0.2) is 11.3 Å². The topological polar surface area (TPSA) is 29.1 Å². The van der Waals surface area contributed by atoms with Crippen molar-refractivity contribution in [2.24, 2.45) is 0 Å². The lowest BCUT2D eigenvalue weighted by Gasteiger charge is -2.12. The van der Waals surface area contributed by atoms with Gasteiger partial charge in [-0.25, -0.2) is 0 Å². The van der Waals surface area contributed by atoms with Gasteiger partial charge in [-0.1, -0.05) is 6.08 Å². The van der Waals surface area contributed by atoms with Gasteiger partial charge >= 0.3 is 0 Å². The van der Waals surface area contributed by atoms with Gasteiger partial charge in [0.15, 0.2) is 0 Å². The first-order chi connectivity index (χ1) is 6.58. The normalized spacial score (nSPS) is 23.8. The zero-order chi connectivity index (χ0) is 10.6. The van der Waals surface area contributed by atoms with Crippen LogP contribution in [0.1, 0.15) is 40.9 Å². The average molecular weight is 200 g/mol. The molecule has 0 aromatic carbocycles. The van der Waals surface area contributed by atoms with Crippen molar-refractivity contribution in [3.05, 3.63) is 11.0 Å². The zero-order valence-electron chi connectivity index (χ0n) is 9.17. The Kier molecular flexibility index (Phi) is 3.74. The lowest BCUT2D eigenvalue weighted by atomic mass is 10.1. The van der Waals surface area contributed by atoms with E-state index in [-0.39, 0.29) is 17.7 Å². The molecule has 0 radical (unpaired) electrons. The standard InChI is InChI=1S/C10H17NOS/c1-8(2)11-10(12)13-9-6-4-3-5-7-9/h6,8H,3-5,7H2,1-2H3,(H,11,12)/i4D/t4-/m0/s1. The van der Waals surface area contributed by atoms with Crippen LogP contribution in [0.15, 0.2) is 11.0 Å². The Morgan fingerprint density at radius 3 is 3.08 bits per heavy atom. The third kappa shape index (κ3) is 4.36. The van der Waals surface area contributed by atoms with E-state index in [1.807, 2.05) is 19.9 Å². The van der Waals surface area contributed by atoms with E-state index in [9.17, 15) is 4.79 Å². The SMILES string of the molecule is [2H][C@@H]1C=C(SC(=O)NC(C)C)CCC1. The minimum Gasteiger partial charge on any atom is -0.345 e. The molecule has 0 fully saturated rings. The maximum absolute atomic E-state index is 11.4. The number of amides is 1. The van der Waals surface area contributed by atoms with Crippen LogP contribution in [0.2, 0.25) is 0 Å². The highest BCUT2D eigenvalue weighted by atomic mass is 32.2. The first-order valence-corrected chi connectivity index (χ1v) is 5.51. The van der Waals surface area contributed by atoms with Crippen molar-refractivity contribution >= 4 is 17.0 Å². The van der Waals surface area contributed by atoms with Crippen LogP contribution in [-0.2, 0) is 0 Å². The molecule has 0 spiro atoms. The van der Waals surface area contributed by atoms with Gasteiger partial charge in [0.1, 0.15) is 0 Å². The Morgan fingerprint density at radius 1 is 1.69 bits per heavy atom. The van der Waals surface area contributed by atoms with Crippen molar-refractivity contribution in [1.29, 1.82) is 0 Å². The molecule has 0 unspecified atom stereocenters. The van der Waals surface area contributed by atoms with Gasteiger partial charge in [0.25, 0.3) is 5.24 Å². The van der Waals surface area contributed by atoms with Crippen LogP contribution in [0.3, 0.4) is 0 Å². The molecule has 1 amide bonds. The molecule has 0 aliphatic heterocycles. The summed E-state index contributed by atoms with van der Waals surface area (Å²) >= 11 is 1.24. The van der Waals surface area contributed by atoms with E-state index in [0.29, 0.717) is 0 Å². The molecule has 13 heavy (non-hydrogen) atoms. The minimum atomic E-state index is -0.113. The molecule has 1 aliphatic carbocycles. The van der Waals surface area contributed by atoms with Crippen molar-refractivity contribution in [1.82, 2.24) is 5.32 Å². The monoisotopic (exact) mass is 200 g/mol. The molecular weight excluding hydrogens is 182 g/mol. The number of allylic oxidation sites excluding steroid dienone is 2. The Balaban J connectivity index is 2.39. The second-order valence-electron chi connectivity index (χ2n) is 3.45. The highest BCUT2D eigenvalue weighted by Gasteiger charge is 2.10. The number of carbonyl (C=O) groups excluding carboxylic acids is 1. The van der Waals surface area contributed by atoms with Crippen LogP contribution in [0.25, 0.3) is 0 Å². The number of hydrogen-bond donors (Lipinski definition) is 1. The van der Waals surface area contributed by atoms with Crippen molar-refractivity contribution in [3.8, 4) is 0 Å². The summed E-state index contributed by atoms with van der Waals surface area (Å²) in [6.07, 6.45) is 4.69. The Hall–Kier alpha value is -0.440. The summed E-state index contributed by atoms with van der Waals surface area (Å²) < 4.78 is 7.57. The summed E-state index contributed by atoms with van der Waals surface area (Å²) in [4.78, 5) is 12.4. The summed E-state index contributed by atoms with van der Waals surface area (Å²) in [5.74, 6) is 0. The molecular formula is C10H17NOS. The van der Waals surface area contributed by atoms with Crippen LogP contribution in [0, 0.1) is 0 Å². The number of carbonyl (C=O) groups is 1. The predicted octanol–water partition coefficient (Wildman–Crippen LogP) is 3.30. The Labute approximate surface area is 85.6 Å². The molecule has 0 aromatic heterocycles. The summed E-state index contributed by atoms with van der Waals surface area (Å²) in [6.45, 7) is 3.89. The highest BCUT2D eigenvalue weighted by molar-refractivity contribution is 8.16. The molecule has 0 bridgehead atoms. The van der Waals surface area contributed by atoms with E-state index in [4.69, 9.17) is 1.37 Å². The second-order valence-corrected chi connectivity index (χ2v) is 4.55. The Morgan fingerprint density at radius 2 is 2.46 bits per heavy atom. The van der Waals surface area contributed by atoms with Gasteiger partial charge < -0.3 is 5.32 Å². The van der Waals surface area contributed by atoms with Crippen molar-refractivity contribution in [2.45, 2.75) is 45.5 Å². The average Bonchev–Trinajstić information content (AvgIpc) is 2.01. The van der Waals surface area contributed by atoms with E-state index in [2.05, 4.69) is 5.32 Å². The molecule has 74 valence electrons. The van der Waals surface area contributed by atoms with Crippen LogP contribution >= 0.6 is 11.8 Å². The van der Waals surface area contributed by atoms with Gasteiger partial charge in [0.2, 0.25) is 0 Å². The van der Waals surface area contributed by atoms with Crippen molar-refractivity contribution in [3.63, 3.8) is 0 Å². The van der Waals surface area contributed by atoms with Crippen LogP contribution < -0.4 is 5.32 Å². The fraction of sp³-hybridized carbons (Fsp3) is 0.700. The third-order valence-electron chi connectivity index (χ3n) is 1.73. The molecule has 1 rings (SSSR count). The quantitative estimate of drug-likeness (QED) is 0.741. The molecule has 0 saturated carbocycles. The molecule has 0 aromatic rings. The maximum Gasteiger partial charge on any atom is 0.283 e. The van der Waals surface area contributed by atoms with Gasteiger partial charge in [-0.2, -0.15) is 0 Å². The summed E-state index contributed by atoms with van der Waals surface area (Å²) in [5, 5.41) is 2.83. The third-order valence-corrected chi connectivity index (χ3v) is 2.63. The lowest BCUT2D eigenvalue weighted by Crippen LogP contribution is -2.26. The predicted molar refractivity (Wildman–Crippen MR) is 57.8 cm³/mol. The molecule has 1 aliphatic rings. The van der Waals surface area contributed by atoms with Gasteiger partial charge in [-0.15, -0.1) is 0 Å². The van der Waals surface area contributed by atoms with Gasteiger partial charge in [-0.3, -0.25) is 4.79 Å². The second kappa shape index (κ2) is 5.32. The molecule has 0 saturated heterocycles. The highest BCUT2D eigenvalue weighted by Crippen LogP contribution is 2.27. The molecule has 2 nitrogen and oxygen atoms in total. The molecule has 0 heterocycles. The van der Waals surface area contributed by atoms with E-state index >= 15 is 0 Å². The van der Waals surface area contributed by atoms with E-state index < -0.39 is 0 Å². The first-order valence-electron chi connectivity index (χ1n) is 5.27. The fourth-order valence-corrected chi connectivity index (χ4v) is 2.10. The van der Waals surface area contributed by atoms with E-state index in [1.54, 1.807) is 0 Å². The number of nitrogens with one attached hydrogen (secondary N) is 1. The van der Waals surface area contributed by atoms with E-state index in [0.717, 1.165) is 24.2 Å². The van der Waals surface area contributed by atoms with Crippen LogP contribution in [0.4, 0.5) is 4.79 Å². The number of rotatable bonds is 2. The van der Waals surface area contributed by atoms with Crippen molar-refractivity contribution < 1.29 is 6.17 Å².